The first-order valence-corrected chi connectivity index (χ1v) is 14.0. The molecule has 0 saturated carbocycles. The lowest BCUT2D eigenvalue weighted by Gasteiger charge is -2.24. The van der Waals surface area contributed by atoms with Crippen molar-refractivity contribution in [1.29, 1.82) is 0 Å². The SMILES string of the molecule is COc1cn(C(CCOC(C)(C)C)C(=O)Nc2ccc3nccnc3c2)c(=O)cc1-c1cc(Cl)ccc1-c1nc(C)no1. The molecular weight excluding hydrogens is 572 g/mol. The highest BCUT2D eigenvalue weighted by Crippen LogP contribution is 2.38. The molecule has 1 amide bonds. The Morgan fingerprint density at radius 3 is 2.51 bits per heavy atom. The zero-order valence-electron chi connectivity index (χ0n) is 24.4. The molecule has 0 fully saturated rings. The van der Waals surface area contributed by atoms with E-state index >= 15 is 0 Å². The van der Waals surface area contributed by atoms with Crippen molar-refractivity contribution in [2.24, 2.45) is 0 Å². The number of nitrogens with one attached hydrogen (secondary N) is 1. The molecule has 1 unspecified atom stereocenters. The van der Waals surface area contributed by atoms with Crippen molar-refractivity contribution >= 4 is 34.2 Å². The number of fused-ring (bicyclic) bond motifs is 1. The zero-order valence-corrected chi connectivity index (χ0v) is 25.2. The molecule has 0 saturated heterocycles. The normalized spacial score (nSPS) is 12.3. The average Bonchev–Trinajstić information content (AvgIpc) is 3.40. The fourth-order valence-corrected chi connectivity index (χ4v) is 4.79. The number of hydrogen-bond donors (Lipinski definition) is 1. The summed E-state index contributed by atoms with van der Waals surface area (Å²) < 4.78 is 18.4. The number of ether oxygens (including phenoxy) is 2. The number of rotatable bonds is 9. The van der Waals surface area contributed by atoms with Gasteiger partial charge in [0.05, 0.1) is 29.9 Å². The van der Waals surface area contributed by atoms with Crippen LogP contribution in [0.2, 0.25) is 5.02 Å². The van der Waals surface area contributed by atoms with Gasteiger partial charge < -0.3 is 19.3 Å². The smallest absolute Gasteiger partial charge is 0.258 e. The van der Waals surface area contributed by atoms with Crippen LogP contribution in [0.5, 0.6) is 5.75 Å². The molecule has 0 aliphatic carbocycles. The predicted octanol–water partition coefficient (Wildman–Crippen LogP) is 5.86. The fourth-order valence-electron chi connectivity index (χ4n) is 4.62. The van der Waals surface area contributed by atoms with Crippen LogP contribution in [0.3, 0.4) is 0 Å². The van der Waals surface area contributed by atoms with E-state index in [2.05, 4.69) is 25.4 Å². The summed E-state index contributed by atoms with van der Waals surface area (Å²) in [5.74, 6) is 0.674. The number of aromatic nitrogens is 5. The largest absolute Gasteiger partial charge is 0.495 e. The maximum atomic E-state index is 13.7. The van der Waals surface area contributed by atoms with Crippen molar-refractivity contribution in [2.75, 3.05) is 19.0 Å². The van der Waals surface area contributed by atoms with Gasteiger partial charge in [0.25, 0.3) is 11.4 Å². The summed E-state index contributed by atoms with van der Waals surface area (Å²) in [5.41, 5.74) is 2.59. The number of pyridine rings is 1. The number of nitrogens with zero attached hydrogens (tertiary/aromatic N) is 5. The molecule has 5 rings (SSSR count). The fraction of sp³-hybridized carbons (Fsp3) is 0.290. The Labute approximate surface area is 252 Å². The molecule has 1 N–H and O–H groups in total. The lowest BCUT2D eigenvalue weighted by molar-refractivity contribution is -0.120. The van der Waals surface area contributed by atoms with Gasteiger partial charge in [-0.05, 0) is 69.7 Å². The third-order valence-corrected chi connectivity index (χ3v) is 6.83. The maximum Gasteiger partial charge on any atom is 0.258 e. The molecule has 2 aromatic carbocycles. The highest BCUT2D eigenvalue weighted by Gasteiger charge is 2.26. The van der Waals surface area contributed by atoms with Crippen LogP contribution in [-0.4, -0.2) is 49.9 Å². The average molecular weight is 603 g/mol. The van der Waals surface area contributed by atoms with Crippen molar-refractivity contribution in [3.05, 3.63) is 82.3 Å². The zero-order chi connectivity index (χ0) is 30.7. The molecule has 11 nitrogen and oxygen atoms in total. The van der Waals surface area contributed by atoms with Gasteiger partial charge >= 0.3 is 0 Å². The molecule has 3 aromatic heterocycles. The van der Waals surface area contributed by atoms with Gasteiger partial charge in [-0.25, -0.2) is 0 Å². The van der Waals surface area contributed by atoms with Crippen LogP contribution in [0.4, 0.5) is 5.69 Å². The number of aryl methyl sites for hydroxylation is 1. The number of amides is 1. The summed E-state index contributed by atoms with van der Waals surface area (Å²) in [5, 5.41) is 7.25. The Bertz CT molecular complexity index is 1850. The van der Waals surface area contributed by atoms with E-state index in [1.165, 1.54) is 23.9 Å². The van der Waals surface area contributed by atoms with Crippen LogP contribution >= 0.6 is 11.6 Å². The first-order valence-electron chi connectivity index (χ1n) is 13.6. The van der Waals surface area contributed by atoms with Gasteiger partial charge in [0.15, 0.2) is 5.82 Å². The number of hydrogen-bond acceptors (Lipinski definition) is 9. The molecule has 0 aliphatic heterocycles. The first kappa shape index (κ1) is 29.9. The number of anilines is 1. The second-order valence-corrected chi connectivity index (χ2v) is 11.3. The van der Waals surface area contributed by atoms with E-state index in [4.69, 9.17) is 25.6 Å². The van der Waals surface area contributed by atoms with Gasteiger partial charge in [0.1, 0.15) is 11.8 Å². The minimum atomic E-state index is -0.923. The summed E-state index contributed by atoms with van der Waals surface area (Å²) in [6.45, 7) is 7.72. The van der Waals surface area contributed by atoms with Crippen LogP contribution in [0.1, 0.15) is 39.1 Å². The van der Waals surface area contributed by atoms with E-state index in [-0.39, 0.29) is 18.9 Å². The lowest BCUT2D eigenvalue weighted by atomic mass is 9.99. The molecule has 222 valence electrons. The Balaban J connectivity index is 1.55. The number of benzene rings is 2. The highest BCUT2D eigenvalue weighted by atomic mass is 35.5. The standard InChI is InChI=1S/C31H31ClN6O5/c1-18-35-30(43-37-18)21-8-6-19(32)14-22(21)23-16-28(39)38(17-27(23)41-5)26(10-13-42-31(2,3)4)29(40)36-20-7-9-24-25(15-20)34-12-11-33-24/h6-9,11-12,14-17,26H,10,13H2,1-5H3,(H,36,40). The second kappa shape index (κ2) is 12.3. The molecule has 0 radical (unpaired) electrons. The van der Waals surface area contributed by atoms with E-state index < -0.39 is 23.1 Å². The number of carbonyl (C=O) groups is 1. The van der Waals surface area contributed by atoms with Gasteiger partial charge in [-0.3, -0.25) is 24.1 Å². The number of carbonyl (C=O) groups excluding carboxylic acids is 1. The van der Waals surface area contributed by atoms with Gasteiger partial charge in [-0.2, -0.15) is 4.98 Å². The van der Waals surface area contributed by atoms with Crippen LogP contribution in [0.15, 0.2) is 70.4 Å². The summed E-state index contributed by atoms with van der Waals surface area (Å²) in [4.78, 5) is 40.4. The van der Waals surface area contributed by atoms with Gasteiger partial charge in [-0.1, -0.05) is 16.8 Å². The Kier molecular flexibility index (Phi) is 8.56. The first-order chi connectivity index (χ1) is 20.5. The third kappa shape index (κ3) is 6.90. The van der Waals surface area contributed by atoms with E-state index in [1.54, 1.807) is 55.7 Å². The van der Waals surface area contributed by atoms with E-state index in [0.717, 1.165) is 0 Å². The Morgan fingerprint density at radius 1 is 1.05 bits per heavy atom. The number of halogens is 1. The minimum Gasteiger partial charge on any atom is -0.495 e. The maximum absolute atomic E-state index is 13.7. The van der Waals surface area contributed by atoms with Crippen molar-refractivity contribution < 1.29 is 18.8 Å². The van der Waals surface area contributed by atoms with Crippen LogP contribution in [-0.2, 0) is 9.53 Å². The predicted molar refractivity (Wildman–Crippen MR) is 163 cm³/mol. The van der Waals surface area contributed by atoms with Gasteiger partial charge in [0, 0.05) is 53.3 Å². The Hall–Kier alpha value is -4.61. The van der Waals surface area contributed by atoms with Crippen molar-refractivity contribution in [2.45, 2.75) is 45.8 Å². The van der Waals surface area contributed by atoms with Crippen molar-refractivity contribution in [3.63, 3.8) is 0 Å². The van der Waals surface area contributed by atoms with Crippen LogP contribution in [0.25, 0.3) is 33.6 Å². The molecule has 1 atom stereocenters. The highest BCUT2D eigenvalue weighted by molar-refractivity contribution is 6.31. The van der Waals surface area contributed by atoms with Crippen molar-refractivity contribution in [1.82, 2.24) is 24.7 Å². The molecule has 5 aromatic rings. The van der Waals surface area contributed by atoms with Gasteiger partial charge in [-0.15, -0.1) is 0 Å². The second-order valence-electron chi connectivity index (χ2n) is 10.9. The monoisotopic (exact) mass is 602 g/mol. The topological polar surface area (TPSA) is 134 Å². The lowest BCUT2D eigenvalue weighted by Crippen LogP contribution is -2.34. The molecule has 12 heteroatoms. The third-order valence-electron chi connectivity index (χ3n) is 6.60. The van der Waals surface area contributed by atoms with Crippen molar-refractivity contribution in [3.8, 4) is 28.3 Å². The molecule has 43 heavy (non-hydrogen) atoms. The van der Waals surface area contributed by atoms with E-state index in [9.17, 15) is 9.59 Å². The summed E-state index contributed by atoms with van der Waals surface area (Å²) in [6, 6.07) is 10.9. The van der Waals surface area contributed by atoms with E-state index in [1.807, 2.05) is 20.8 Å². The summed E-state index contributed by atoms with van der Waals surface area (Å²) in [7, 11) is 1.49. The molecule has 0 bridgehead atoms. The van der Waals surface area contributed by atoms with Crippen LogP contribution in [0, 0.1) is 6.92 Å². The van der Waals surface area contributed by atoms with E-state index in [0.29, 0.717) is 50.0 Å². The molecule has 0 spiro atoms. The molecule has 0 aliphatic rings. The number of methoxy groups -OCH3 is 1. The Morgan fingerprint density at radius 2 is 1.81 bits per heavy atom. The van der Waals surface area contributed by atoms with Crippen LogP contribution < -0.4 is 15.6 Å². The molecule has 3 heterocycles. The quantitative estimate of drug-likeness (QED) is 0.220. The minimum absolute atomic E-state index is 0.225. The van der Waals surface area contributed by atoms with Gasteiger partial charge in [0.2, 0.25) is 5.91 Å². The summed E-state index contributed by atoms with van der Waals surface area (Å²) in [6.07, 6.45) is 4.93. The molecular formula is C31H31ClN6O5. The summed E-state index contributed by atoms with van der Waals surface area (Å²) >= 11 is 6.36.